The minimum absolute atomic E-state index is 0.125. The van der Waals surface area contributed by atoms with E-state index in [1.165, 1.54) is 38.9 Å². The molecule has 4 aromatic rings. The van der Waals surface area contributed by atoms with E-state index in [4.69, 9.17) is 0 Å². The summed E-state index contributed by atoms with van der Waals surface area (Å²) in [6, 6.07) is 14.7. The molecular weight excluding hydrogens is 420 g/mol. The first-order chi connectivity index (χ1) is 15.0. The highest BCUT2D eigenvalue weighted by atomic mass is 32.2. The summed E-state index contributed by atoms with van der Waals surface area (Å²) in [5.74, 6) is 0.486. The average molecular weight is 447 g/mol. The number of Topliss-reactive ketones (excluding diaryl/α,β-unsaturated/α-hetero) is 1. The SMILES string of the molecule is CCc1ccc(-c2c(CC)sc3ncnc(SCC(=O)c4ccc(C)c(C)c4)c23)cc1. The third kappa shape index (κ3) is 4.43. The largest absolute Gasteiger partial charge is 0.293 e. The van der Waals surface area contributed by atoms with Crippen molar-refractivity contribution in [1.82, 2.24) is 9.97 Å². The Morgan fingerprint density at radius 3 is 2.42 bits per heavy atom. The fourth-order valence-corrected chi connectivity index (χ4v) is 5.72. The van der Waals surface area contributed by atoms with Gasteiger partial charge in [0.05, 0.1) is 11.1 Å². The molecule has 0 unspecified atom stereocenters. The lowest BCUT2D eigenvalue weighted by Gasteiger charge is -2.08. The fourth-order valence-electron chi connectivity index (χ4n) is 3.66. The quantitative estimate of drug-likeness (QED) is 0.173. The van der Waals surface area contributed by atoms with E-state index >= 15 is 0 Å². The molecule has 31 heavy (non-hydrogen) atoms. The molecule has 0 saturated heterocycles. The van der Waals surface area contributed by atoms with Crippen molar-refractivity contribution in [3.8, 4) is 11.1 Å². The number of hydrogen-bond acceptors (Lipinski definition) is 5. The summed E-state index contributed by atoms with van der Waals surface area (Å²) in [4.78, 5) is 24.3. The lowest BCUT2D eigenvalue weighted by atomic mass is 10.0. The molecular formula is C26H26N2OS2. The molecule has 2 aromatic carbocycles. The molecule has 4 rings (SSSR count). The van der Waals surface area contributed by atoms with Gasteiger partial charge in [-0.15, -0.1) is 11.3 Å². The van der Waals surface area contributed by atoms with Gasteiger partial charge in [0.15, 0.2) is 5.78 Å². The summed E-state index contributed by atoms with van der Waals surface area (Å²) >= 11 is 3.24. The van der Waals surface area contributed by atoms with Crippen LogP contribution in [0.2, 0.25) is 0 Å². The summed E-state index contributed by atoms with van der Waals surface area (Å²) < 4.78 is 0. The van der Waals surface area contributed by atoms with Crippen LogP contribution in [0.25, 0.3) is 21.3 Å². The van der Waals surface area contributed by atoms with Crippen molar-refractivity contribution >= 4 is 39.1 Å². The Morgan fingerprint density at radius 1 is 0.968 bits per heavy atom. The van der Waals surface area contributed by atoms with Crippen LogP contribution >= 0.6 is 23.1 Å². The van der Waals surface area contributed by atoms with Crippen molar-refractivity contribution in [2.24, 2.45) is 0 Å². The van der Waals surface area contributed by atoms with Crippen LogP contribution in [-0.4, -0.2) is 21.5 Å². The van der Waals surface area contributed by atoms with Gasteiger partial charge in [0.2, 0.25) is 0 Å². The number of aromatic nitrogens is 2. The number of thioether (sulfide) groups is 1. The monoisotopic (exact) mass is 446 g/mol. The molecule has 158 valence electrons. The molecule has 0 aliphatic heterocycles. The van der Waals surface area contributed by atoms with Crippen LogP contribution in [0, 0.1) is 13.8 Å². The summed E-state index contributed by atoms with van der Waals surface area (Å²) in [5, 5.41) is 1.96. The predicted octanol–water partition coefficient (Wildman–Crippen LogP) is 7.07. The Balaban J connectivity index is 1.70. The highest BCUT2D eigenvalue weighted by molar-refractivity contribution is 8.00. The van der Waals surface area contributed by atoms with Gasteiger partial charge in [0.1, 0.15) is 16.2 Å². The maximum Gasteiger partial charge on any atom is 0.173 e. The third-order valence-corrected chi connectivity index (χ3v) is 7.90. The van der Waals surface area contributed by atoms with Crippen LogP contribution in [0.1, 0.15) is 45.8 Å². The van der Waals surface area contributed by atoms with E-state index in [2.05, 4.69) is 55.0 Å². The minimum atomic E-state index is 0.125. The van der Waals surface area contributed by atoms with Gasteiger partial charge in [-0.05, 0) is 55.0 Å². The Morgan fingerprint density at radius 2 is 1.74 bits per heavy atom. The summed E-state index contributed by atoms with van der Waals surface area (Å²) in [7, 11) is 0. The van der Waals surface area contributed by atoms with Gasteiger partial charge in [-0.2, -0.15) is 0 Å². The molecule has 0 radical (unpaired) electrons. The lowest BCUT2D eigenvalue weighted by molar-refractivity contribution is 0.102. The number of thiophene rings is 1. The second-order valence-electron chi connectivity index (χ2n) is 7.67. The molecule has 0 fully saturated rings. The number of nitrogens with zero attached hydrogens (tertiary/aromatic N) is 2. The third-order valence-electron chi connectivity index (χ3n) is 5.67. The van der Waals surface area contributed by atoms with E-state index in [1.807, 2.05) is 25.1 Å². The Bertz CT molecular complexity index is 1240. The lowest BCUT2D eigenvalue weighted by Crippen LogP contribution is -2.03. The van der Waals surface area contributed by atoms with Gasteiger partial charge in [-0.25, -0.2) is 9.97 Å². The van der Waals surface area contributed by atoms with Crippen molar-refractivity contribution < 1.29 is 4.79 Å². The molecule has 0 saturated carbocycles. The van der Waals surface area contributed by atoms with Gasteiger partial charge >= 0.3 is 0 Å². The van der Waals surface area contributed by atoms with Crippen molar-refractivity contribution in [3.63, 3.8) is 0 Å². The van der Waals surface area contributed by atoms with E-state index in [-0.39, 0.29) is 5.78 Å². The second-order valence-corrected chi connectivity index (χ2v) is 9.72. The summed E-state index contributed by atoms with van der Waals surface area (Å²) in [6.07, 6.45) is 3.58. The van der Waals surface area contributed by atoms with Crippen LogP contribution in [0.5, 0.6) is 0 Å². The topological polar surface area (TPSA) is 42.9 Å². The maximum atomic E-state index is 12.8. The Labute approximate surface area is 192 Å². The van der Waals surface area contributed by atoms with Gasteiger partial charge < -0.3 is 0 Å². The van der Waals surface area contributed by atoms with Gasteiger partial charge in [0, 0.05) is 16.0 Å². The number of ketones is 1. The fraction of sp³-hybridized carbons (Fsp3) is 0.269. The van der Waals surface area contributed by atoms with Crippen LogP contribution in [-0.2, 0) is 12.8 Å². The van der Waals surface area contributed by atoms with Crippen LogP contribution in [0.15, 0.2) is 53.8 Å². The molecule has 0 atom stereocenters. The number of benzene rings is 2. The zero-order chi connectivity index (χ0) is 22.0. The van der Waals surface area contributed by atoms with Gasteiger partial charge in [0.25, 0.3) is 0 Å². The summed E-state index contributed by atoms with van der Waals surface area (Å²) in [5.41, 5.74) is 6.83. The number of fused-ring (bicyclic) bond motifs is 1. The Hall–Kier alpha value is -2.50. The number of carbonyl (C=O) groups is 1. The van der Waals surface area contributed by atoms with Gasteiger partial charge in [-0.1, -0.05) is 62.0 Å². The second kappa shape index (κ2) is 9.33. The molecule has 2 aromatic heterocycles. The van der Waals surface area contributed by atoms with Crippen LogP contribution < -0.4 is 0 Å². The smallest absolute Gasteiger partial charge is 0.173 e. The highest BCUT2D eigenvalue weighted by Gasteiger charge is 2.19. The number of carbonyl (C=O) groups excluding carboxylic acids is 1. The molecule has 0 bridgehead atoms. The standard InChI is InChI=1S/C26H26N2OS2/c1-5-18-8-11-19(12-9-18)23-22(6-2)31-26-24(23)25(27-15-28-26)30-14-21(29)20-10-7-16(3)17(4)13-20/h7-13,15H,5-6,14H2,1-4H3. The summed E-state index contributed by atoms with van der Waals surface area (Å²) in [6.45, 7) is 8.45. The molecule has 5 heteroatoms. The number of rotatable bonds is 7. The minimum Gasteiger partial charge on any atom is -0.293 e. The Kier molecular flexibility index (Phi) is 6.54. The molecule has 0 amide bonds. The van der Waals surface area contributed by atoms with Crippen molar-refractivity contribution in [1.29, 1.82) is 0 Å². The first-order valence-electron chi connectivity index (χ1n) is 10.6. The zero-order valence-corrected chi connectivity index (χ0v) is 20.0. The van der Waals surface area contributed by atoms with Crippen LogP contribution in [0.4, 0.5) is 0 Å². The molecule has 2 heterocycles. The first-order valence-corrected chi connectivity index (χ1v) is 12.4. The highest BCUT2D eigenvalue weighted by Crippen LogP contribution is 2.42. The van der Waals surface area contributed by atoms with Crippen molar-refractivity contribution in [2.75, 3.05) is 5.75 Å². The maximum absolute atomic E-state index is 12.8. The number of aryl methyl sites for hydroxylation is 4. The molecule has 0 N–H and O–H groups in total. The van der Waals surface area contributed by atoms with E-state index in [9.17, 15) is 4.79 Å². The molecule has 0 spiro atoms. The van der Waals surface area contributed by atoms with E-state index in [0.717, 1.165) is 39.2 Å². The van der Waals surface area contributed by atoms with Gasteiger partial charge in [-0.3, -0.25) is 4.79 Å². The zero-order valence-electron chi connectivity index (χ0n) is 18.4. The van der Waals surface area contributed by atoms with E-state index in [1.54, 1.807) is 17.7 Å². The van der Waals surface area contributed by atoms with Crippen molar-refractivity contribution in [2.45, 2.75) is 45.6 Å². The average Bonchev–Trinajstić information content (AvgIpc) is 3.18. The molecule has 3 nitrogen and oxygen atoms in total. The van der Waals surface area contributed by atoms with E-state index in [0.29, 0.717) is 5.75 Å². The number of hydrogen-bond donors (Lipinski definition) is 0. The van der Waals surface area contributed by atoms with E-state index < -0.39 is 0 Å². The molecule has 0 aliphatic carbocycles. The first kappa shape index (κ1) is 21.7. The van der Waals surface area contributed by atoms with Crippen LogP contribution in [0.3, 0.4) is 0 Å². The normalized spacial score (nSPS) is 11.2. The van der Waals surface area contributed by atoms with Crippen molar-refractivity contribution in [3.05, 3.63) is 75.9 Å². The molecule has 0 aliphatic rings. The predicted molar refractivity (Wildman–Crippen MR) is 133 cm³/mol.